The first-order valence-electron chi connectivity index (χ1n) is 13.0. The highest BCUT2D eigenvalue weighted by atomic mass is 19.1. The summed E-state index contributed by atoms with van der Waals surface area (Å²) in [6.45, 7) is 3.78. The third-order valence-corrected chi connectivity index (χ3v) is 6.64. The molecule has 1 aliphatic heterocycles. The second-order valence-corrected chi connectivity index (χ2v) is 9.39. The van der Waals surface area contributed by atoms with Crippen LogP contribution in [0.4, 0.5) is 4.39 Å². The number of fused-ring (bicyclic) bond motifs is 1. The number of amides is 1. The minimum absolute atomic E-state index is 0.0387. The summed E-state index contributed by atoms with van der Waals surface area (Å²) in [4.78, 5) is 27.3. The first-order valence-corrected chi connectivity index (χ1v) is 13.0. The molecular weight excluding hydrogens is 517 g/mol. The van der Waals surface area contributed by atoms with Gasteiger partial charge in [-0.2, -0.15) is 5.26 Å². The SMILES string of the molecule is CCCN(C)C(=O)c1cnc(-c2cc3ncc(F)c(-c4ccc(OC5CCOCC5)c(C#N)n4)c3o2)c(OC)c1. The molecule has 1 saturated heterocycles. The van der Waals surface area contributed by atoms with Gasteiger partial charge in [-0.3, -0.25) is 4.79 Å². The molecule has 0 spiro atoms. The Bertz CT molecular complexity index is 1590. The number of nitrogens with zero attached hydrogens (tertiary/aromatic N) is 5. The van der Waals surface area contributed by atoms with Crippen molar-refractivity contribution in [3.8, 4) is 40.3 Å². The summed E-state index contributed by atoms with van der Waals surface area (Å²) >= 11 is 0. The van der Waals surface area contributed by atoms with Crippen molar-refractivity contribution in [2.24, 2.45) is 0 Å². The summed E-state index contributed by atoms with van der Waals surface area (Å²) < 4.78 is 38.1. The molecule has 4 aromatic heterocycles. The predicted octanol–water partition coefficient (Wildman–Crippen LogP) is 5.01. The Labute approximate surface area is 230 Å². The standard InChI is InChI=1S/C29H28FN5O5/c1-4-9-35(2)29(36)17-12-24(37-3)27(33-15-17)25-13-21-28(40-25)26(19(30)16-32-21)20-5-6-23(22(14-31)34-20)39-18-7-10-38-11-8-18/h5-6,12-13,15-16,18H,4,7-11H2,1-3H3. The van der Waals surface area contributed by atoms with Gasteiger partial charge in [0.25, 0.3) is 5.91 Å². The van der Waals surface area contributed by atoms with Crippen LogP contribution in [0.15, 0.2) is 41.1 Å². The summed E-state index contributed by atoms with van der Waals surface area (Å²) in [6.07, 6.45) is 4.69. The summed E-state index contributed by atoms with van der Waals surface area (Å²) in [6, 6.07) is 8.45. The largest absolute Gasteiger partial charge is 0.494 e. The number of aromatic nitrogens is 3. The first kappa shape index (κ1) is 27.0. The lowest BCUT2D eigenvalue weighted by Gasteiger charge is -2.23. The number of carbonyl (C=O) groups is 1. The van der Waals surface area contributed by atoms with E-state index in [4.69, 9.17) is 18.6 Å². The molecule has 0 atom stereocenters. The topological polar surface area (TPSA) is 124 Å². The molecule has 0 bridgehead atoms. The van der Waals surface area contributed by atoms with Crippen LogP contribution in [0.2, 0.25) is 0 Å². The second kappa shape index (κ2) is 11.7. The van der Waals surface area contributed by atoms with Gasteiger partial charge in [-0.05, 0) is 24.6 Å². The van der Waals surface area contributed by atoms with Crippen LogP contribution in [0.25, 0.3) is 33.8 Å². The highest BCUT2D eigenvalue weighted by Gasteiger charge is 2.23. The molecule has 206 valence electrons. The van der Waals surface area contributed by atoms with Crippen LogP contribution >= 0.6 is 0 Å². The fraction of sp³-hybridized carbons (Fsp3) is 0.345. The zero-order valence-electron chi connectivity index (χ0n) is 22.4. The number of ether oxygens (including phenoxy) is 3. The van der Waals surface area contributed by atoms with Gasteiger partial charge in [-0.1, -0.05) is 6.92 Å². The van der Waals surface area contributed by atoms with Crippen molar-refractivity contribution in [3.05, 3.63) is 53.7 Å². The van der Waals surface area contributed by atoms with Gasteiger partial charge in [-0.25, -0.2) is 19.3 Å². The number of halogens is 1. The van der Waals surface area contributed by atoms with Crippen molar-refractivity contribution in [1.29, 1.82) is 5.26 Å². The van der Waals surface area contributed by atoms with Gasteiger partial charge in [0.1, 0.15) is 29.1 Å². The maximum absolute atomic E-state index is 15.2. The van der Waals surface area contributed by atoms with Gasteiger partial charge in [0.2, 0.25) is 0 Å². The number of furan rings is 1. The third kappa shape index (κ3) is 5.31. The molecule has 1 amide bonds. The smallest absolute Gasteiger partial charge is 0.255 e. The van der Waals surface area contributed by atoms with Gasteiger partial charge in [0, 0.05) is 38.7 Å². The van der Waals surface area contributed by atoms with E-state index in [2.05, 4.69) is 15.0 Å². The Morgan fingerprint density at radius 1 is 1.20 bits per heavy atom. The number of methoxy groups -OCH3 is 1. The van der Waals surface area contributed by atoms with E-state index in [0.717, 1.165) is 12.6 Å². The van der Waals surface area contributed by atoms with Crippen molar-refractivity contribution in [1.82, 2.24) is 19.9 Å². The minimum Gasteiger partial charge on any atom is -0.494 e. The van der Waals surface area contributed by atoms with Crippen LogP contribution in [-0.2, 0) is 4.74 Å². The average Bonchev–Trinajstić information content (AvgIpc) is 3.41. The summed E-state index contributed by atoms with van der Waals surface area (Å²) in [5, 5.41) is 9.74. The van der Waals surface area contributed by atoms with Crippen LogP contribution < -0.4 is 9.47 Å². The molecule has 4 aromatic rings. The Hall–Kier alpha value is -4.56. The molecule has 5 heterocycles. The zero-order chi connectivity index (χ0) is 28.2. The molecule has 0 saturated carbocycles. The molecule has 1 fully saturated rings. The van der Waals surface area contributed by atoms with Gasteiger partial charge in [-0.15, -0.1) is 0 Å². The third-order valence-electron chi connectivity index (χ3n) is 6.64. The van der Waals surface area contributed by atoms with Crippen LogP contribution in [0.3, 0.4) is 0 Å². The molecule has 0 N–H and O–H groups in total. The molecule has 0 unspecified atom stereocenters. The van der Waals surface area contributed by atoms with E-state index in [1.165, 1.54) is 13.3 Å². The zero-order valence-corrected chi connectivity index (χ0v) is 22.4. The molecule has 0 radical (unpaired) electrons. The first-order chi connectivity index (χ1) is 19.4. The fourth-order valence-electron chi connectivity index (χ4n) is 4.60. The van der Waals surface area contributed by atoms with Crippen molar-refractivity contribution < 1.29 is 27.8 Å². The number of hydrogen-bond donors (Lipinski definition) is 0. The minimum atomic E-state index is -0.664. The quantitative estimate of drug-likeness (QED) is 0.300. The Balaban J connectivity index is 1.52. The summed E-state index contributed by atoms with van der Waals surface area (Å²) in [5.74, 6) is 0.0711. The lowest BCUT2D eigenvalue weighted by atomic mass is 10.1. The second-order valence-electron chi connectivity index (χ2n) is 9.39. The number of hydrogen-bond acceptors (Lipinski definition) is 9. The Morgan fingerprint density at radius 2 is 2.00 bits per heavy atom. The van der Waals surface area contributed by atoms with Gasteiger partial charge in [0.05, 0.1) is 43.3 Å². The Morgan fingerprint density at radius 3 is 2.73 bits per heavy atom. The lowest BCUT2D eigenvalue weighted by molar-refractivity contribution is 0.0253. The van der Waals surface area contributed by atoms with Gasteiger partial charge in [0.15, 0.2) is 28.6 Å². The molecular formula is C29H28FN5O5. The van der Waals surface area contributed by atoms with Crippen LogP contribution in [0, 0.1) is 17.1 Å². The highest BCUT2D eigenvalue weighted by Crippen LogP contribution is 2.38. The van der Waals surface area contributed by atoms with E-state index in [0.29, 0.717) is 60.9 Å². The molecule has 10 nitrogen and oxygen atoms in total. The molecule has 0 aliphatic carbocycles. The number of pyridine rings is 3. The van der Waals surface area contributed by atoms with Crippen molar-refractivity contribution in [2.45, 2.75) is 32.3 Å². The number of carbonyl (C=O) groups excluding carboxylic acids is 1. The maximum atomic E-state index is 15.2. The normalized spacial score (nSPS) is 13.7. The van der Waals surface area contributed by atoms with E-state index in [1.807, 2.05) is 13.0 Å². The van der Waals surface area contributed by atoms with E-state index >= 15 is 4.39 Å². The van der Waals surface area contributed by atoms with Gasteiger partial charge >= 0.3 is 0 Å². The monoisotopic (exact) mass is 545 g/mol. The maximum Gasteiger partial charge on any atom is 0.255 e. The summed E-state index contributed by atoms with van der Waals surface area (Å²) in [5.41, 5.74) is 1.48. The average molecular weight is 546 g/mol. The highest BCUT2D eigenvalue weighted by molar-refractivity contribution is 5.95. The van der Waals surface area contributed by atoms with Crippen LogP contribution in [0.1, 0.15) is 42.2 Å². The molecule has 1 aliphatic rings. The van der Waals surface area contributed by atoms with Gasteiger partial charge < -0.3 is 23.5 Å². The fourth-order valence-corrected chi connectivity index (χ4v) is 4.60. The Kier molecular flexibility index (Phi) is 7.89. The number of nitriles is 1. The lowest BCUT2D eigenvalue weighted by Crippen LogP contribution is -2.27. The molecule has 40 heavy (non-hydrogen) atoms. The molecule has 0 aromatic carbocycles. The van der Waals surface area contributed by atoms with E-state index in [9.17, 15) is 10.1 Å². The molecule has 5 rings (SSSR count). The van der Waals surface area contributed by atoms with E-state index in [-0.39, 0.29) is 40.3 Å². The van der Waals surface area contributed by atoms with E-state index < -0.39 is 5.82 Å². The van der Waals surface area contributed by atoms with Crippen LogP contribution in [-0.4, -0.2) is 65.8 Å². The number of rotatable bonds is 8. The molecule has 11 heteroatoms. The predicted molar refractivity (Wildman–Crippen MR) is 143 cm³/mol. The van der Waals surface area contributed by atoms with Crippen LogP contribution in [0.5, 0.6) is 11.5 Å². The van der Waals surface area contributed by atoms with E-state index in [1.54, 1.807) is 36.2 Å². The van der Waals surface area contributed by atoms with Crippen molar-refractivity contribution in [2.75, 3.05) is 33.9 Å². The summed E-state index contributed by atoms with van der Waals surface area (Å²) in [7, 11) is 3.19. The van der Waals surface area contributed by atoms with Crippen molar-refractivity contribution >= 4 is 17.0 Å². The van der Waals surface area contributed by atoms with Crippen molar-refractivity contribution in [3.63, 3.8) is 0 Å².